The Morgan fingerprint density at radius 2 is 1.82 bits per heavy atom. The third kappa shape index (κ3) is 3.12. The largest absolute Gasteiger partial charge is 0.497 e. The van der Waals surface area contributed by atoms with Gasteiger partial charge in [0, 0.05) is 23.6 Å². The highest BCUT2D eigenvalue weighted by Crippen LogP contribution is 2.50. The maximum atomic E-state index is 14.1. The molecule has 2 aromatic carbocycles. The standard InChI is InChI=1S/C19H19BrF3N3O2/c1-25-17(27)26(10-12-3-6-14(28-2)7-4-12)16-8-5-13(20)9-15(16)18(25,11-24)19(21,22)23/h3-9H,10-11,24H2,1-2H3. The van der Waals surface area contributed by atoms with E-state index < -0.39 is 24.3 Å². The Kier molecular flexibility index (Phi) is 5.33. The van der Waals surface area contributed by atoms with Gasteiger partial charge >= 0.3 is 12.2 Å². The molecule has 2 amide bonds. The van der Waals surface area contributed by atoms with E-state index in [9.17, 15) is 18.0 Å². The Morgan fingerprint density at radius 1 is 1.18 bits per heavy atom. The van der Waals surface area contributed by atoms with Gasteiger partial charge in [-0.05, 0) is 35.9 Å². The van der Waals surface area contributed by atoms with Crippen molar-refractivity contribution < 1.29 is 22.7 Å². The molecule has 0 saturated heterocycles. The zero-order chi connectivity index (χ0) is 20.7. The summed E-state index contributed by atoms with van der Waals surface area (Å²) in [5.74, 6) is 0.648. The predicted molar refractivity (Wildman–Crippen MR) is 103 cm³/mol. The fourth-order valence-electron chi connectivity index (χ4n) is 3.47. The Labute approximate surface area is 169 Å². The number of carbonyl (C=O) groups is 1. The van der Waals surface area contributed by atoms with Gasteiger partial charge in [0.05, 0.1) is 19.3 Å². The molecule has 3 rings (SSSR count). The first-order valence-corrected chi connectivity index (χ1v) is 9.20. The highest BCUT2D eigenvalue weighted by atomic mass is 79.9. The number of fused-ring (bicyclic) bond motifs is 1. The number of nitrogens with zero attached hydrogens (tertiary/aromatic N) is 2. The lowest BCUT2D eigenvalue weighted by Crippen LogP contribution is -2.66. The maximum absolute atomic E-state index is 14.1. The molecule has 0 fully saturated rings. The van der Waals surface area contributed by atoms with Gasteiger partial charge in [0.15, 0.2) is 5.54 Å². The molecule has 0 aromatic heterocycles. The molecule has 0 radical (unpaired) electrons. The van der Waals surface area contributed by atoms with Crippen LogP contribution in [0.2, 0.25) is 0 Å². The summed E-state index contributed by atoms with van der Waals surface area (Å²) in [5, 5.41) is 0. The van der Waals surface area contributed by atoms with Crippen LogP contribution in [0.15, 0.2) is 46.9 Å². The van der Waals surface area contributed by atoms with Crippen LogP contribution in [0.4, 0.5) is 23.7 Å². The minimum absolute atomic E-state index is 0.0625. The molecular weight excluding hydrogens is 439 g/mol. The van der Waals surface area contributed by atoms with Crippen LogP contribution in [0.25, 0.3) is 0 Å². The van der Waals surface area contributed by atoms with Gasteiger partial charge in [-0.15, -0.1) is 0 Å². The topological polar surface area (TPSA) is 58.8 Å². The van der Waals surface area contributed by atoms with Gasteiger partial charge in [-0.2, -0.15) is 13.2 Å². The summed E-state index contributed by atoms with van der Waals surface area (Å²) in [4.78, 5) is 15.0. The van der Waals surface area contributed by atoms with E-state index in [0.717, 1.165) is 12.6 Å². The number of carbonyl (C=O) groups excluding carboxylic acids is 1. The van der Waals surface area contributed by atoms with E-state index in [1.54, 1.807) is 30.3 Å². The van der Waals surface area contributed by atoms with Gasteiger partial charge < -0.3 is 15.4 Å². The van der Waals surface area contributed by atoms with Crippen LogP contribution >= 0.6 is 15.9 Å². The van der Waals surface area contributed by atoms with E-state index >= 15 is 0 Å². The van der Waals surface area contributed by atoms with Gasteiger partial charge in [-0.3, -0.25) is 4.90 Å². The number of nitrogens with two attached hydrogens (primary N) is 1. The minimum atomic E-state index is -4.74. The molecule has 0 spiro atoms. The van der Waals surface area contributed by atoms with Crippen LogP contribution in [0.3, 0.4) is 0 Å². The van der Waals surface area contributed by atoms with Crippen molar-refractivity contribution in [3.8, 4) is 5.75 Å². The number of benzene rings is 2. The monoisotopic (exact) mass is 457 g/mol. The summed E-state index contributed by atoms with van der Waals surface area (Å²) < 4.78 is 48.0. The average molecular weight is 458 g/mol. The van der Waals surface area contributed by atoms with Crippen molar-refractivity contribution in [3.05, 3.63) is 58.1 Å². The van der Waals surface area contributed by atoms with E-state index in [1.807, 2.05) is 0 Å². The number of ether oxygens (including phenoxy) is 1. The summed E-state index contributed by atoms with van der Waals surface area (Å²) in [5.41, 5.74) is 3.89. The lowest BCUT2D eigenvalue weighted by molar-refractivity contribution is -0.222. The normalized spacial score (nSPS) is 19.6. The zero-order valence-electron chi connectivity index (χ0n) is 15.3. The predicted octanol–water partition coefficient (Wildman–Crippen LogP) is 4.25. The summed E-state index contributed by atoms with van der Waals surface area (Å²) >= 11 is 3.23. The molecular formula is C19H19BrF3N3O2. The molecule has 150 valence electrons. The molecule has 1 atom stereocenters. The van der Waals surface area contributed by atoms with Crippen LogP contribution in [0, 0.1) is 0 Å². The number of amides is 2. The third-order valence-electron chi connectivity index (χ3n) is 5.05. The van der Waals surface area contributed by atoms with Gasteiger partial charge in [-0.25, -0.2) is 4.79 Å². The van der Waals surface area contributed by atoms with E-state index in [1.165, 1.54) is 24.1 Å². The first-order valence-electron chi connectivity index (χ1n) is 8.41. The molecule has 1 aliphatic heterocycles. The second-order valence-electron chi connectivity index (χ2n) is 6.50. The fraction of sp³-hybridized carbons (Fsp3) is 0.316. The van der Waals surface area contributed by atoms with Crippen molar-refractivity contribution in [1.82, 2.24) is 4.90 Å². The van der Waals surface area contributed by atoms with Gasteiger partial charge in [-0.1, -0.05) is 28.1 Å². The molecule has 1 unspecified atom stereocenters. The van der Waals surface area contributed by atoms with Crippen molar-refractivity contribution >= 4 is 27.6 Å². The Bertz CT molecular complexity index is 889. The first kappa shape index (κ1) is 20.5. The van der Waals surface area contributed by atoms with Gasteiger partial charge in [0.25, 0.3) is 0 Å². The van der Waals surface area contributed by atoms with Crippen molar-refractivity contribution in [2.24, 2.45) is 5.73 Å². The van der Waals surface area contributed by atoms with Crippen molar-refractivity contribution in [2.75, 3.05) is 25.6 Å². The quantitative estimate of drug-likeness (QED) is 0.746. The molecule has 1 aliphatic rings. The Hall–Kier alpha value is -2.26. The minimum Gasteiger partial charge on any atom is -0.497 e. The second-order valence-corrected chi connectivity index (χ2v) is 7.42. The highest BCUT2D eigenvalue weighted by Gasteiger charge is 2.63. The summed E-state index contributed by atoms with van der Waals surface area (Å²) in [6.07, 6.45) is -4.74. The van der Waals surface area contributed by atoms with E-state index in [4.69, 9.17) is 10.5 Å². The van der Waals surface area contributed by atoms with Crippen molar-refractivity contribution in [2.45, 2.75) is 18.3 Å². The van der Waals surface area contributed by atoms with E-state index in [0.29, 0.717) is 15.1 Å². The van der Waals surface area contributed by atoms with E-state index in [-0.39, 0.29) is 17.8 Å². The molecule has 2 N–H and O–H groups in total. The second kappa shape index (κ2) is 7.29. The van der Waals surface area contributed by atoms with E-state index in [2.05, 4.69) is 15.9 Å². The van der Waals surface area contributed by atoms with Gasteiger partial charge in [0.2, 0.25) is 0 Å². The number of likely N-dealkylation sites (N-methyl/N-ethyl adjacent to an activating group) is 1. The molecule has 0 aliphatic carbocycles. The number of rotatable bonds is 4. The van der Waals surface area contributed by atoms with Crippen molar-refractivity contribution in [3.63, 3.8) is 0 Å². The number of urea groups is 1. The zero-order valence-corrected chi connectivity index (χ0v) is 16.8. The number of halogens is 4. The number of hydrogen-bond donors (Lipinski definition) is 1. The molecule has 1 heterocycles. The SMILES string of the molecule is COc1ccc(CN2C(=O)N(C)C(CN)(C(F)(F)F)c3cc(Br)ccc32)cc1. The van der Waals surface area contributed by atoms with Crippen LogP contribution in [-0.2, 0) is 12.1 Å². The number of hydrogen-bond acceptors (Lipinski definition) is 3. The highest BCUT2D eigenvalue weighted by molar-refractivity contribution is 9.10. The summed E-state index contributed by atoms with van der Waals surface area (Å²) in [6, 6.07) is 10.7. The number of anilines is 1. The summed E-state index contributed by atoms with van der Waals surface area (Å²) in [6.45, 7) is -0.668. The molecule has 5 nitrogen and oxygen atoms in total. The molecule has 9 heteroatoms. The van der Waals surface area contributed by atoms with Crippen LogP contribution in [0.1, 0.15) is 11.1 Å². The number of methoxy groups -OCH3 is 1. The van der Waals surface area contributed by atoms with Gasteiger partial charge in [0.1, 0.15) is 5.75 Å². The van der Waals surface area contributed by atoms with Crippen LogP contribution in [0.5, 0.6) is 5.75 Å². The molecule has 0 saturated carbocycles. The van der Waals surface area contributed by atoms with Crippen LogP contribution < -0.4 is 15.4 Å². The smallest absolute Gasteiger partial charge is 0.417 e. The summed E-state index contributed by atoms with van der Waals surface area (Å²) in [7, 11) is 2.67. The molecule has 28 heavy (non-hydrogen) atoms. The third-order valence-corrected chi connectivity index (χ3v) is 5.54. The lowest BCUT2D eigenvalue weighted by Gasteiger charge is -2.49. The molecule has 2 aromatic rings. The number of alkyl halides is 3. The fourth-order valence-corrected chi connectivity index (χ4v) is 3.84. The maximum Gasteiger partial charge on any atom is 0.417 e. The lowest BCUT2D eigenvalue weighted by atomic mass is 9.84. The Balaban J connectivity index is 2.14. The average Bonchev–Trinajstić information content (AvgIpc) is 2.65. The van der Waals surface area contributed by atoms with Crippen molar-refractivity contribution in [1.29, 1.82) is 0 Å². The van der Waals surface area contributed by atoms with Crippen LogP contribution in [-0.4, -0.2) is 37.8 Å². The first-order chi connectivity index (χ1) is 13.2. The molecule has 0 bridgehead atoms. The Morgan fingerprint density at radius 3 is 2.36 bits per heavy atom.